The third kappa shape index (κ3) is 2.77. The highest BCUT2D eigenvalue weighted by molar-refractivity contribution is 5.75. The van der Waals surface area contributed by atoms with E-state index in [1.165, 1.54) is 25.3 Å². The first-order valence-electron chi connectivity index (χ1n) is 5.07. The van der Waals surface area contributed by atoms with Gasteiger partial charge in [-0.2, -0.15) is 5.26 Å². The molecule has 0 bridgehead atoms. The SMILES string of the molecule is COC(=O)C(O)C(O)c1ccc(C#N)c(OC)c1. The van der Waals surface area contributed by atoms with Crippen molar-refractivity contribution in [2.24, 2.45) is 0 Å². The molecule has 2 N–H and O–H groups in total. The van der Waals surface area contributed by atoms with Crippen LogP contribution in [0, 0.1) is 11.3 Å². The summed E-state index contributed by atoms with van der Waals surface area (Å²) in [5.41, 5.74) is 0.546. The fourth-order valence-electron chi connectivity index (χ4n) is 1.42. The summed E-state index contributed by atoms with van der Waals surface area (Å²) in [6.45, 7) is 0. The minimum absolute atomic E-state index is 0.253. The van der Waals surface area contributed by atoms with Crippen LogP contribution in [0.2, 0.25) is 0 Å². The van der Waals surface area contributed by atoms with Crippen molar-refractivity contribution >= 4 is 5.97 Å². The lowest BCUT2D eigenvalue weighted by Gasteiger charge is -2.16. The highest BCUT2D eigenvalue weighted by Gasteiger charge is 2.27. The van der Waals surface area contributed by atoms with Crippen molar-refractivity contribution in [2.45, 2.75) is 12.2 Å². The molecule has 0 aromatic heterocycles. The Bertz CT molecular complexity index is 480. The Hall–Kier alpha value is -2.10. The second-order valence-electron chi connectivity index (χ2n) is 3.48. The molecule has 0 radical (unpaired) electrons. The fraction of sp³-hybridized carbons (Fsp3) is 0.333. The van der Waals surface area contributed by atoms with E-state index < -0.39 is 18.2 Å². The number of esters is 1. The number of ether oxygens (including phenoxy) is 2. The number of benzene rings is 1. The van der Waals surface area contributed by atoms with E-state index in [9.17, 15) is 15.0 Å². The molecule has 1 rings (SSSR count). The summed E-state index contributed by atoms with van der Waals surface area (Å²) in [5.74, 6) is -0.683. The van der Waals surface area contributed by atoms with Gasteiger partial charge < -0.3 is 19.7 Å². The zero-order valence-electron chi connectivity index (χ0n) is 9.95. The molecule has 6 heteroatoms. The van der Waals surface area contributed by atoms with Crippen LogP contribution in [0.3, 0.4) is 0 Å². The van der Waals surface area contributed by atoms with E-state index in [1.54, 1.807) is 0 Å². The minimum atomic E-state index is -1.69. The Morgan fingerprint density at radius 2 is 2.06 bits per heavy atom. The molecular formula is C12H13NO5. The number of carbonyl (C=O) groups excluding carboxylic acids is 1. The van der Waals surface area contributed by atoms with Crippen molar-refractivity contribution in [3.63, 3.8) is 0 Å². The number of methoxy groups -OCH3 is 2. The Balaban J connectivity index is 3.04. The highest BCUT2D eigenvalue weighted by Crippen LogP contribution is 2.25. The first-order valence-corrected chi connectivity index (χ1v) is 5.07. The van der Waals surface area contributed by atoms with E-state index in [0.717, 1.165) is 7.11 Å². The molecule has 18 heavy (non-hydrogen) atoms. The number of nitrogens with zero attached hydrogens (tertiary/aromatic N) is 1. The second kappa shape index (κ2) is 6.00. The van der Waals surface area contributed by atoms with Gasteiger partial charge in [-0.25, -0.2) is 4.79 Å². The van der Waals surface area contributed by atoms with E-state index in [0.29, 0.717) is 5.56 Å². The maximum atomic E-state index is 11.1. The van der Waals surface area contributed by atoms with Gasteiger partial charge in [0.25, 0.3) is 0 Å². The van der Waals surface area contributed by atoms with Crippen LogP contribution in [0.15, 0.2) is 18.2 Å². The first kappa shape index (κ1) is 14.0. The average molecular weight is 251 g/mol. The molecule has 2 atom stereocenters. The third-order valence-electron chi connectivity index (χ3n) is 2.43. The molecule has 0 heterocycles. The summed E-state index contributed by atoms with van der Waals surface area (Å²) >= 11 is 0. The van der Waals surface area contributed by atoms with Crippen LogP contribution >= 0.6 is 0 Å². The highest BCUT2D eigenvalue weighted by atomic mass is 16.5. The van der Waals surface area contributed by atoms with Crippen LogP contribution < -0.4 is 4.74 Å². The van der Waals surface area contributed by atoms with Crippen molar-refractivity contribution < 1.29 is 24.5 Å². The zero-order chi connectivity index (χ0) is 13.7. The van der Waals surface area contributed by atoms with Crippen molar-refractivity contribution in [3.8, 4) is 11.8 Å². The predicted molar refractivity (Wildman–Crippen MR) is 60.7 cm³/mol. The lowest BCUT2D eigenvalue weighted by atomic mass is 10.0. The second-order valence-corrected chi connectivity index (χ2v) is 3.48. The molecule has 0 fully saturated rings. The molecule has 0 amide bonds. The van der Waals surface area contributed by atoms with E-state index in [4.69, 9.17) is 10.00 Å². The molecule has 0 saturated heterocycles. The van der Waals surface area contributed by atoms with Gasteiger partial charge in [-0.15, -0.1) is 0 Å². The molecule has 1 aromatic carbocycles. The number of rotatable bonds is 4. The summed E-state index contributed by atoms with van der Waals surface area (Å²) in [6, 6.07) is 6.16. The van der Waals surface area contributed by atoms with Gasteiger partial charge in [-0.1, -0.05) is 6.07 Å². The van der Waals surface area contributed by atoms with E-state index in [-0.39, 0.29) is 11.3 Å². The number of hydrogen-bond donors (Lipinski definition) is 2. The van der Waals surface area contributed by atoms with Crippen molar-refractivity contribution in [2.75, 3.05) is 14.2 Å². The Morgan fingerprint density at radius 1 is 1.39 bits per heavy atom. The van der Waals surface area contributed by atoms with Gasteiger partial charge in [0.2, 0.25) is 0 Å². The average Bonchev–Trinajstić information content (AvgIpc) is 2.43. The van der Waals surface area contributed by atoms with E-state index in [1.807, 2.05) is 6.07 Å². The van der Waals surface area contributed by atoms with Crippen molar-refractivity contribution in [1.82, 2.24) is 0 Å². The molecule has 2 unspecified atom stereocenters. The lowest BCUT2D eigenvalue weighted by molar-refractivity contribution is -0.156. The van der Waals surface area contributed by atoms with Gasteiger partial charge in [0.05, 0.1) is 19.8 Å². The number of aliphatic hydroxyl groups excluding tert-OH is 2. The van der Waals surface area contributed by atoms with Crippen molar-refractivity contribution in [1.29, 1.82) is 5.26 Å². The summed E-state index contributed by atoms with van der Waals surface area (Å²) < 4.78 is 9.29. The molecule has 6 nitrogen and oxygen atoms in total. The van der Waals surface area contributed by atoms with Gasteiger partial charge in [0.1, 0.15) is 17.9 Å². The maximum absolute atomic E-state index is 11.1. The molecule has 0 spiro atoms. The monoisotopic (exact) mass is 251 g/mol. The van der Waals surface area contributed by atoms with Crippen LogP contribution in [0.5, 0.6) is 5.75 Å². The van der Waals surface area contributed by atoms with E-state index >= 15 is 0 Å². The lowest BCUT2D eigenvalue weighted by Crippen LogP contribution is -2.29. The molecule has 1 aromatic rings. The summed E-state index contributed by atoms with van der Waals surface area (Å²) in [4.78, 5) is 11.1. The van der Waals surface area contributed by atoms with Crippen LogP contribution in [0.25, 0.3) is 0 Å². The van der Waals surface area contributed by atoms with Crippen LogP contribution in [0.4, 0.5) is 0 Å². The molecule has 0 aliphatic rings. The predicted octanol–water partition coefficient (Wildman–Crippen LogP) is 0.134. The molecule has 0 aliphatic carbocycles. The zero-order valence-corrected chi connectivity index (χ0v) is 9.95. The third-order valence-corrected chi connectivity index (χ3v) is 2.43. The largest absolute Gasteiger partial charge is 0.495 e. The summed E-state index contributed by atoms with van der Waals surface area (Å²) in [6.07, 6.45) is -3.13. The fourth-order valence-corrected chi connectivity index (χ4v) is 1.42. The van der Waals surface area contributed by atoms with Crippen molar-refractivity contribution in [3.05, 3.63) is 29.3 Å². The van der Waals surface area contributed by atoms with Gasteiger partial charge in [0.15, 0.2) is 6.10 Å². The van der Waals surface area contributed by atoms with Gasteiger partial charge in [0, 0.05) is 0 Å². The van der Waals surface area contributed by atoms with Crippen LogP contribution in [0.1, 0.15) is 17.2 Å². The molecule has 96 valence electrons. The smallest absolute Gasteiger partial charge is 0.337 e. The Morgan fingerprint density at radius 3 is 2.56 bits per heavy atom. The first-order chi connectivity index (χ1) is 8.54. The van der Waals surface area contributed by atoms with Gasteiger partial charge in [-0.3, -0.25) is 0 Å². The van der Waals surface area contributed by atoms with Crippen LogP contribution in [-0.4, -0.2) is 36.5 Å². The maximum Gasteiger partial charge on any atom is 0.337 e. The Labute approximate surface area is 104 Å². The quantitative estimate of drug-likeness (QED) is 0.738. The molecule has 0 aliphatic heterocycles. The summed E-state index contributed by atoms with van der Waals surface area (Å²) in [5, 5.41) is 28.1. The molecule has 0 saturated carbocycles. The topological polar surface area (TPSA) is 99.8 Å². The van der Waals surface area contributed by atoms with Crippen LogP contribution in [-0.2, 0) is 9.53 Å². The number of aliphatic hydroxyl groups is 2. The molecular weight excluding hydrogens is 238 g/mol. The normalized spacial score (nSPS) is 13.3. The van der Waals surface area contributed by atoms with Gasteiger partial charge in [-0.05, 0) is 17.7 Å². The minimum Gasteiger partial charge on any atom is -0.495 e. The number of carbonyl (C=O) groups is 1. The standard InChI is InChI=1S/C12H13NO5/c1-17-9-5-7(3-4-8(9)6-13)10(14)11(15)12(16)18-2/h3-5,10-11,14-15H,1-2H3. The summed E-state index contributed by atoms with van der Waals surface area (Å²) in [7, 11) is 2.49. The number of hydrogen-bond acceptors (Lipinski definition) is 6. The number of nitriles is 1. The van der Waals surface area contributed by atoms with Gasteiger partial charge >= 0.3 is 5.97 Å². The Kier molecular flexibility index (Phi) is 4.66. The van der Waals surface area contributed by atoms with E-state index in [2.05, 4.69) is 4.74 Å².